The van der Waals surface area contributed by atoms with Gasteiger partial charge in [-0.25, -0.2) is 5.06 Å². The first kappa shape index (κ1) is 18.3. The molecule has 1 amide bonds. The molecule has 120 valence electrons. The van der Waals surface area contributed by atoms with E-state index < -0.39 is 0 Å². The van der Waals surface area contributed by atoms with Crippen LogP contribution >= 0.6 is 0 Å². The van der Waals surface area contributed by atoms with Crippen LogP contribution in [0.4, 0.5) is 0 Å². The van der Waals surface area contributed by atoms with Gasteiger partial charge in [0.25, 0.3) is 5.91 Å². The Labute approximate surface area is 136 Å². The van der Waals surface area contributed by atoms with Gasteiger partial charge in [-0.1, -0.05) is 60.7 Å². The summed E-state index contributed by atoms with van der Waals surface area (Å²) in [5.41, 5.74) is 2.77. The van der Waals surface area contributed by atoms with Gasteiger partial charge in [0.05, 0.1) is 12.8 Å². The van der Waals surface area contributed by atoms with Gasteiger partial charge in [0.2, 0.25) is 0 Å². The number of hydroxylamine groups is 2. The molecular weight excluding hydrogens is 290 g/mol. The number of hydrogen-bond acceptors (Lipinski definition) is 4. The van der Waals surface area contributed by atoms with E-state index in [1.54, 1.807) is 7.05 Å². The van der Waals surface area contributed by atoms with Gasteiger partial charge in [0, 0.05) is 18.2 Å². The van der Waals surface area contributed by atoms with E-state index in [1.165, 1.54) is 12.2 Å². The van der Waals surface area contributed by atoms with Crippen LogP contribution in [-0.2, 0) is 9.63 Å². The maximum atomic E-state index is 11.8. The van der Waals surface area contributed by atoms with Crippen LogP contribution in [0.5, 0.6) is 0 Å². The predicted octanol–water partition coefficient (Wildman–Crippen LogP) is 2.81. The van der Waals surface area contributed by atoms with Crippen LogP contribution in [-0.4, -0.2) is 44.1 Å². The van der Waals surface area contributed by atoms with E-state index in [0.29, 0.717) is 0 Å². The highest BCUT2D eigenvalue weighted by Gasteiger charge is 2.10. The van der Waals surface area contributed by atoms with Crippen molar-refractivity contribution in [3.05, 3.63) is 71.8 Å². The molecule has 0 fully saturated rings. The summed E-state index contributed by atoms with van der Waals surface area (Å²) in [6.07, 6.45) is 0. The Morgan fingerprint density at radius 2 is 1.48 bits per heavy atom. The van der Waals surface area contributed by atoms with Gasteiger partial charge in [0.1, 0.15) is 6.54 Å². The number of nitrogens with zero attached hydrogens (tertiary/aromatic N) is 2. The fraction of sp³-hybridized carbons (Fsp3) is 0.167. The van der Waals surface area contributed by atoms with Gasteiger partial charge in [-0.15, -0.1) is 0 Å². The fourth-order valence-corrected chi connectivity index (χ4v) is 1.89. The summed E-state index contributed by atoms with van der Waals surface area (Å²) >= 11 is 0. The lowest BCUT2D eigenvalue weighted by molar-refractivity contribution is -0.166. The zero-order chi connectivity index (χ0) is 17.1. The van der Waals surface area contributed by atoms with E-state index in [4.69, 9.17) is 10.2 Å². The number of carbonyl (C=O) groups excluding carboxylic acids is 1. The summed E-state index contributed by atoms with van der Waals surface area (Å²) in [5, 5.41) is 6.68. The zero-order valence-electron chi connectivity index (χ0n) is 13.4. The standard InChI is InChI=1S/C17H18N2O2.CH3N/c1-19(21-2)16(20)13-18-17(14-9-5-3-6-10-14)15-11-7-4-8-12-15;1-2/h3-12H,13H2,1-2H3;2H,1H2. The van der Waals surface area contributed by atoms with Gasteiger partial charge < -0.3 is 5.41 Å². The lowest BCUT2D eigenvalue weighted by atomic mass is 10.0. The third-order valence-corrected chi connectivity index (χ3v) is 3.09. The number of rotatable bonds is 5. The van der Waals surface area contributed by atoms with Gasteiger partial charge in [-0.2, -0.15) is 0 Å². The molecule has 0 spiro atoms. The van der Waals surface area contributed by atoms with Crippen LogP contribution in [0.2, 0.25) is 0 Å². The minimum Gasteiger partial charge on any atom is -0.317 e. The van der Waals surface area contributed by atoms with Gasteiger partial charge in [0.15, 0.2) is 0 Å². The predicted molar refractivity (Wildman–Crippen MR) is 93.0 cm³/mol. The van der Waals surface area contributed by atoms with E-state index in [-0.39, 0.29) is 12.5 Å². The molecule has 2 aromatic rings. The lowest BCUT2D eigenvalue weighted by Crippen LogP contribution is -2.28. The van der Waals surface area contributed by atoms with Gasteiger partial charge >= 0.3 is 0 Å². The second-order valence-electron chi connectivity index (χ2n) is 4.47. The van der Waals surface area contributed by atoms with E-state index >= 15 is 0 Å². The van der Waals surface area contributed by atoms with Crippen molar-refractivity contribution in [3.63, 3.8) is 0 Å². The highest BCUT2D eigenvalue weighted by atomic mass is 16.7. The molecule has 0 unspecified atom stereocenters. The Morgan fingerprint density at radius 1 is 1.04 bits per heavy atom. The first-order valence-electron chi connectivity index (χ1n) is 7.03. The minimum atomic E-state index is -0.193. The molecule has 0 heterocycles. The number of nitrogens with one attached hydrogen (secondary N) is 1. The lowest BCUT2D eigenvalue weighted by Gasteiger charge is -2.13. The molecule has 5 heteroatoms. The minimum absolute atomic E-state index is 0.0451. The Hall–Kier alpha value is -2.79. The average Bonchev–Trinajstić information content (AvgIpc) is 2.64. The van der Waals surface area contributed by atoms with Crippen LogP contribution in [0.1, 0.15) is 11.1 Å². The van der Waals surface area contributed by atoms with E-state index in [9.17, 15) is 4.79 Å². The monoisotopic (exact) mass is 311 g/mol. The Kier molecular flexibility index (Phi) is 7.96. The number of aliphatic imine (C=N–C) groups is 1. The molecule has 0 saturated heterocycles. The highest BCUT2D eigenvalue weighted by molar-refractivity contribution is 6.13. The number of benzene rings is 2. The second-order valence-corrected chi connectivity index (χ2v) is 4.47. The van der Waals surface area contributed by atoms with Gasteiger partial charge in [-0.05, 0) is 6.72 Å². The summed E-state index contributed by atoms with van der Waals surface area (Å²) in [6.45, 7) is 2.55. The fourth-order valence-electron chi connectivity index (χ4n) is 1.89. The molecule has 0 aliphatic rings. The molecule has 0 atom stereocenters. The Morgan fingerprint density at radius 3 is 1.87 bits per heavy atom. The second kappa shape index (κ2) is 10.0. The topological polar surface area (TPSA) is 65.8 Å². The highest BCUT2D eigenvalue weighted by Crippen LogP contribution is 2.11. The Bertz CT molecular complexity index is 586. The molecule has 23 heavy (non-hydrogen) atoms. The average molecular weight is 311 g/mol. The summed E-state index contributed by atoms with van der Waals surface area (Å²) in [6, 6.07) is 19.7. The smallest absolute Gasteiger partial charge is 0.267 e. The van der Waals surface area contributed by atoms with E-state index in [1.807, 2.05) is 60.7 Å². The van der Waals surface area contributed by atoms with Crippen molar-refractivity contribution in [2.45, 2.75) is 0 Å². The first-order valence-corrected chi connectivity index (χ1v) is 7.03. The summed E-state index contributed by atoms with van der Waals surface area (Å²) in [5.74, 6) is -0.193. The summed E-state index contributed by atoms with van der Waals surface area (Å²) < 4.78 is 0. The summed E-state index contributed by atoms with van der Waals surface area (Å²) in [4.78, 5) is 21.2. The molecule has 0 bridgehead atoms. The molecule has 0 aromatic heterocycles. The van der Waals surface area contributed by atoms with Crippen molar-refractivity contribution >= 4 is 18.3 Å². The normalized spacial score (nSPS) is 9.30. The first-order chi connectivity index (χ1) is 11.2. The maximum absolute atomic E-state index is 11.8. The van der Waals surface area contributed by atoms with Crippen molar-refractivity contribution in [1.82, 2.24) is 5.06 Å². The molecule has 1 N–H and O–H groups in total. The number of hydrogen-bond donors (Lipinski definition) is 1. The largest absolute Gasteiger partial charge is 0.317 e. The maximum Gasteiger partial charge on any atom is 0.267 e. The molecule has 0 saturated carbocycles. The van der Waals surface area contributed by atoms with Crippen LogP contribution < -0.4 is 0 Å². The van der Waals surface area contributed by atoms with Crippen LogP contribution in [0.25, 0.3) is 0 Å². The number of likely N-dealkylation sites (N-methyl/N-ethyl adjacent to an activating group) is 1. The van der Waals surface area contributed by atoms with Crippen molar-refractivity contribution in [2.24, 2.45) is 4.99 Å². The molecular formula is C18H21N3O2. The van der Waals surface area contributed by atoms with Crippen molar-refractivity contribution in [2.75, 3.05) is 20.7 Å². The molecule has 5 nitrogen and oxygen atoms in total. The van der Waals surface area contributed by atoms with Crippen molar-refractivity contribution < 1.29 is 9.63 Å². The zero-order valence-corrected chi connectivity index (χ0v) is 13.4. The quantitative estimate of drug-likeness (QED) is 0.681. The van der Waals surface area contributed by atoms with Crippen LogP contribution in [0, 0.1) is 5.41 Å². The van der Waals surface area contributed by atoms with Gasteiger partial charge in [-0.3, -0.25) is 14.6 Å². The number of amides is 1. The van der Waals surface area contributed by atoms with E-state index in [2.05, 4.69) is 11.7 Å². The molecule has 2 rings (SSSR count). The third-order valence-electron chi connectivity index (χ3n) is 3.09. The third kappa shape index (κ3) is 5.48. The number of carbonyl (C=O) groups is 1. The molecule has 0 aliphatic carbocycles. The van der Waals surface area contributed by atoms with Crippen LogP contribution in [0.15, 0.2) is 65.7 Å². The van der Waals surface area contributed by atoms with Crippen molar-refractivity contribution in [1.29, 1.82) is 5.41 Å². The SMILES string of the molecule is C=N.CON(C)C(=O)CN=C(c1ccccc1)c1ccccc1. The van der Waals surface area contributed by atoms with Crippen molar-refractivity contribution in [3.8, 4) is 0 Å². The van der Waals surface area contributed by atoms with E-state index in [0.717, 1.165) is 16.8 Å². The van der Waals surface area contributed by atoms with Crippen LogP contribution in [0.3, 0.4) is 0 Å². The molecule has 0 radical (unpaired) electrons. The molecule has 0 aliphatic heterocycles. The Balaban J connectivity index is 0.00000127. The molecule has 2 aromatic carbocycles. The summed E-state index contributed by atoms with van der Waals surface area (Å²) in [7, 11) is 3.03.